The van der Waals surface area contributed by atoms with Crippen molar-refractivity contribution in [2.45, 2.75) is 123 Å². The molecule has 0 radical (unpaired) electrons. The lowest BCUT2D eigenvalue weighted by atomic mass is 9.52. The third kappa shape index (κ3) is 6.50. The topological polar surface area (TPSA) is 12.9 Å². The van der Waals surface area contributed by atoms with Crippen LogP contribution in [0.4, 0.5) is 0 Å². The summed E-state index contributed by atoms with van der Waals surface area (Å²) < 4.78 is 0. The van der Waals surface area contributed by atoms with E-state index in [-0.39, 0.29) is 0 Å². The van der Waals surface area contributed by atoms with Crippen molar-refractivity contribution in [1.29, 1.82) is 0 Å². The zero-order valence-electron chi connectivity index (χ0n) is 26.1. The zero-order chi connectivity index (χ0) is 28.1. The summed E-state index contributed by atoms with van der Waals surface area (Å²) in [5.41, 5.74) is 6.71. The number of allylic oxidation sites excluding steroid dienone is 4. The summed E-state index contributed by atoms with van der Waals surface area (Å²) in [6.07, 6.45) is 28.4. The molecule has 1 nitrogen and oxygen atoms in total. The molecule has 1 aromatic carbocycles. The first-order chi connectivity index (χ1) is 19.4. The fraction of sp³-hybridized carbons (Fsp3) is 0.615. The van der Waals surface area contributed by atoms with Crippen molar-refractivity contribution in [3.8, 4) is 0 Å². The quantitative estimate of drug-likeness (QED) is 0.330. The molecular formula is C39H55N. The van der Waals surface area contributed by atoms with Crippen LogP contribution < -0.4 is 0 Å². The summed E-state index contributed by atoms with van der Waals surface area (Å²) in [5, 5.41) is 0. The molecule has 0 aliphatic heterocycles. The monoisotopic (exact) mass is 537 g/mol. The maximum absolute atomic E-state index is 4.43. The molecule has 1 aromatic heterocycles. The lowest BCUT2D eigenvalue weighted by Gasteiger charge is -2.52. The number of nitrogens with zero attached hydrogens (tertiary/aromatic N) is 1. The normalized spacial score (nSPS) is 35.7. The molecule has 0 amide bonds. The first-order valence-corrected chi connectivity index (χ1v) is 16.7. The maximum atomic E-state index is 4.43. The molecule has 8 atom stereocenters. The van der Waals surface area contributed by atoms with E-state index in [0.29, 0.717) is 17.3 Å². The summed E-state index contributed by atoms with van der Waals surface area (Å²) in [6.45, 7) is 11.9. The molecular weight excluding hydrogens is 482 g/mol. The van der Waals surface area contributed by atoms with Crippen molar-refractivity contribution < 1.29 is 0 Å². The minimum atomic E-state index is 0.464. The van der Waals surface area contributed by atoms with E-state index in [2.05, 4.69) is 100 Å². The molecule has 5 aliphatic rings. The average Bonchev–Trinajstić information content (AvgIpc) is 3.33. The SMILES string of the molecule is CC1C=CCCC1.CC1C=CCCC1.Cc1ccc2c(c1)[C@@H](C)C[C@@H]1[C@@H]2CC[C@]2(C)[C@@H](c3cccnc3)CC[C@@H]12. The summed E-state index contributed by atoms with van der Waals surface area (Å²) in [4.78, 5) is 4.43. The van der Waals surface area contributed by atoms with E-state index in [1.807, 2.05) is 6.20 Å². The minimum Gasteiger partial charge on any atom is -0.264 e. The van der Waals surface area contributed by atoms with Crippen LogP contribution in [0.3, 0.4) is 0 Å². The second-order valence-electron chi connectivity index (χ2n) is 14.3. The van der Waals surface area contributed by atoms with Crippen LogP contribution in [0.5, 0.6) is 0 Å². The molecule has 2 fully saturated rings. The third-order valence-electron chi connectivity index (χ3n) is 11.3. The highest BCUT2D eigenvalue weighted by Gasteiger charge is 2.55. The van der Waals surface area contributed by atoms with Crippen LogP contribution in [0.2, 0.25) is 0 Å². The van der Waals surface area contributed by atoms with E-state index in [9.17, 15) is 0 Å². The van der Waals surface area contributed by atoms with Gasteiger partial charge in [-0.05, 0) is 147 Å². The summed E-state index contributed by atoms with van der Waals surface area (Å²) >= 11 is 0. The molecule has 1 heteroatoms. The highest BCUT2D eigenvalue weighted by Crippen LogP contribution is 2.66. The largest absolute Gasteiger partial charge is 0.264 e. The van der Waals surface area contributed by atoms with Crippen LogP contribution in [0.15, 0.2) is 67.0 Å². The van der Waals surface area contributed by atoms with Crippen LogP contribution in [0.25, 0.3) is 0 Å². The van der Waals surface area contributed by atoms with Gasteiger partial charge in [0.2, 0.25) is 0 Å². The number of pyridine rings is 1. The Hall–Kier alpha value is -2.15. The summed E-state index contributed by atoms with van der Waals surface area (Å²) in [6, 6.07) is 11.7. The average molecular weight is 538 g/mol. The van der Waals surface area contributed by atoms with E-state index in [0.717, 1.165) is 29.6 Å². The Kier molecular flexibility index (Phi) is 9.70. The Morgan fingerprint density at radius 3 is 2.12 bits per heavy atom. The highest BCUT2D eigenvalue weighted by atomic mass is 14.6. The van der Waals surface area contributed by atoms with Gasteiger partial charge in [-0.3, -0.25) is 4.98 Å². The molecule has 7 rings (SSSR count). The van der Waals surface area contributed by atoms with Gasteiger partial charge in [0.25, 0.3) is 0 Å². The van der Waals surface area contributed by atoms with Gasteiger partial charge in [0.05, 0.1) is 0 Å². The number of hydrogen-bond acceptors (Lipinski definition) is 1. The predicted molar refractivity (Wildman–Crippen MR) is 172 cm³/mol. The second kappa shape index (κ2) is 13.2. The van der Waals surface area contributed by atoms with Crippen molar-refractivity contribution in [1.82, 2.24) is 4.98 Å². The standard InChI is InChI=1S/C25H31N.2C7H12/c1-16-6-7-19-20-10-11-25(3)23(18-5-4-12-26-15-18)8-9-24(25)22(20)14-17(2)21(19)13-16;2*1-7-5-3-2-4-6-7/h4-7,12-13,15,17,20,22-24H,8-11,14H2,1-3H3;2*3,5,7H,2,4,6H2,1H3/t17-,20+,22+,23+,24-,25+;;/m0../s1. The van der Waals surface area contributed by atoms with Crippen LogP contribution in [-0.4, -0.2) is 4.98 Å². The fourth-order valence-electron chi connectivity index (χ4n) is 9.09. The highest BCUT2D eigenvalue weighted by molar-refractivity contribution is 5.40. The van der Waals surface area contributed by atoms with E-state index in [1.54, 1.807) is 11.1 Å². The van der Waals surface area contributed by atoms with E-state index < -0.39 is 0 Å². The molecule has 5 aliphatic carbocycles. The van der Waals surface area contributed by atoms with Crippen molar-refractivity contribution in [3.05, 3.63) is 89.3 Å². The van der Waals surface area contributed by atoms with Crippen LogP contribution in [0.1, 0.15) is 138 Å². The number of fused-ring (bicyclic) bond motifs is 5. The van der Waals surface area contributed by atoms with Gasteiger partial charge in [-0.2, -0.15) is 0 Å². The van der Waals surface area contributed by atoms with Gasteiger partial charge < -0.3 is 0 Å². The Balaban J connectivity index is 0.000000188. The summed E-state index contributed by atoms with van der Waals surface area (Å²) in [5.74, 6) is 5.68. The van der Waals surface area contributed by atoms with Crippen molar-refractivity contribution in [2.75, 3.05) is 0 Å². The van der Waals surface area contributed by atoms with E-state index in [4.69, 9.17) is 0 Å². The predicted octanol–water partition coefficient (Wildman–Crippen LogP) is 11.3. The zero-order valence-corrected chi connectivity index (χ0v) is 26.1. The lowest BCUT2D eigenvalue weighted by Crippen LogP contribution is -2.42. The minimum absolute atomic E-state index is 0.464. The van der Waals surface area contributed by atoms with Gasteiger partial charge in [0.1, 0.15) is 0 Å². The lowest BCUT2D eigenvalue weighted by molar-refractivity contribution is 0.0438. The molecule has 0 spiro atoms. The molecule has 1 heterocycles. The molecule has 216 valence electrons. The van der Waals surface area contributed by atoms with Crippen LogP contribution >= 0.6 is 0 Å². The van der Waals surface area contributed by atoms with Gasteiger partial charge in [0.15, 0.2) is 0 Å². The van der Waals surface area contributed by atoms with Crippen molar-refractivity contribution in [2.24, 2.45) is 29.1 Å². The second-order valence-corrected chi connectivity index (χ2v) is 14.3. The number of benzene rings is 1. The number of aromatic nitrogens is 1. The van der Waals surface area contributed by atoms with Gasteiger partial charge >= 0.3 is 0 Å². The third-order valence-corrected chi connectivity index (χ3v) is 11.3. The molecule has 40 heavy (non-hydrogen) atoms. The Bertz CT molecular complexity index is 1120. The molecule has 2 aromatic rings. The Morgan fingerprint density at radius 2 is 1.55 bits per heavy atom. The smallest absolute Gasteiger partial charge is 0.0302 e. The van der Waals surface area contributed by atoms with Gasteiger partial charge in [-0.15, -0.1) is 0 Å². The van der Waals surface area contributed by atoms with Crippen molar-refractivity contribution >= 4 is 0 Å². The molecule has 0 bridgehead atoms. The van der Waals surface area contributed by atoms with E-state index in [1.165, 1.54) is 81.8 Å². The van der Waals surface area contributed by atoms with Gasteiger partial charge in [0, 0.05) is 12.4 Å². The summed E-state index contributed by atoms with van der Waals surface area (Å²) in [7, 11) is 0. The van der Waals surface area contributed by atoms with Crippen LogP contribution in [0, 0.1) is 36.0 Å². The fourth-order valence-corrected chi connectivity index (χ4v) is 9.09. The number of rotatable bonds is 1. The van der Waals surface area contributed by atoms with E-state index >= 15 is 0 Å². The van der Waals surface area contributed by atoms with Gasteiger partial charge in [-0.25, -0.2) is 0 Å². The number of hydrogen-bond donors (Lipinski definition) is 0. The first kappa shape index (κ1) is 29.3. The molecule has 0 N–H and O–H groups in total. The van der Waals surface area contributed by atoms with Crippen molar-refractivity contribution in [3.63, 3.8) is 0 Å². The molecule has 2 unspecified atom stereocenters. The first-order valence-electron chi connectivity index (χ1n) is 16.7. The molecule has 2 saturated carbocycles. The molecule has 0 saturated heterocycles. The Morgan fingerprint density at radius 1 is 0.825 bits per heavy atom. The Labute approximate surface area is 246 Å². The van der Waals surface area contributed by atoms with Gasteiger partial charge in [-0.1, -0.05) is 81.8 Å². The maximum Gasteiger partial charge on any atom is 0.0302 e. The van der Waals surface area contributed by atoms with Crippen LogP contribution in [-0.2, 0) is 0 Å². The number of aryl methyl sites for hydroxylation is 1.